The molecule has 1 aromatic rings. The predicted octanol–water partition coefficient (Wildman–Crippen LogP) is 2.13. The largest absolute Gasteiger partial charge is 0.355 e. The second-order valence-electron chi connectivity index (χ2n) is 5.30. The van der Waals surface area contributed by atoms with Crippen LogP contribution in [0.1, 0.15) is 20.3 Å². The van der Waals surface area contributed by atoms with Crippen LogP contribution in [0.3, 0.4) is 0 Å². The highest BCUT2D eigenvalue weighted by molar-refractivity contribution is 8.01. The van der Waals surface area contributed by atoms with Gasteiger partial charge in [0.25, 0.3) is 0 Å². The van der Waals surface area contributed by atoms with Crippen molar-refractivity contribution >= 4 is 46.8 Å². The number of benzene rings is 1. The van der Waals surface area contributed by atoms with Crippen molar-refractivity contribution < 1.29 is 14.4 Å². The third kappa shape index (κ3) is 4.64. The van der Waals surface area contributed by atoms with Crippen LogP contribution in [0, 0.1) is 0 Å². The van der Waals surface area contributed by atoms with E-state index in [1.165, 1.54) is 16.7 Å². The van der Waals surface area contributed by atoms with Gasteiger partial charge < -0.3 is 15.5 Å². The summed E-state index contributed by atoms with van der Waals surface area (Å²) >= 11 is 7.26. The summed E-state index contributed by atoms with van der Waals surface area (Å²) in [5, 5.41) is 5.47. The van der Waals surface area contributed by atoms with E-state index in [1.54, 1.807) is 12.1 Å². The highest BCUT2D eigenvalue weighted by Crippen LogP contribution is 2.38. The number of fused-ring (bicyclic) bond motifs is 1. The molecule has 24 heavy (non-hydrogen) atoms. The molecule has 0 fully saturated rings. The van der Waals surface area contributed by atoms with Gasteiger partial charge in [0.2, 0.25) is 17.7 Å². The number of carbonyl (C=O) groups excluding carboxylic acids is 3. The van der Waals surface area contributed by atoms with E-state index in [0.29, 0.717) is 23.8 Å². The lowest BCUT2D eigenvalue weighted by atomic mass is 10.2. The second-order valence-corrected chi connectivity index (χ2v) is 6.98. The fraction of sp³-hybridized carbons (Fsp3) is 0.438. The number of hydrogen-bond acceptors (Lipinski definition) is 4. The number of rotatable bonds is 6. The van der Waals surface area contributed by atoms with E-state index in [4.69, 9.17) is 11.6 Å². The van der Waals surface area contributed by atoms with Crippen LogP contribution in [0.4, 0.5) is 5.69 Å². The Morgan fingerprint density at radius 3 is 2.79 bits per heavy atom. The number of halogens is 1. The molecular weight excluding hydrogens is 350 g/mol. The predicted molar refractivity (Wildman–Crippen MR) is 95.3 cm³/mol. The third-order valence-electron chi connectivity index (χ3n) is 3.56. The maximum Gasteiger partial charge on any atom is 0.239 e. The minimum Gasteiger partial charge on any atom is -0.355 e. The molecule has 0 saturated carbocycles. The summed E-state index contributed by atoms with van der Waals surface area (Å²) in [5.41, 5.74) is 0.663. The molecular formula is C16H20ClN3O3S. The lowest BCUT2D eigenvalue weighted by Gasteiger charge is -2.26. The van der Waals surface area contributed by atoms with E-state index in [-0.39, 0.29) is 30.7 Å². The summed E-state index contributed by atoms with van der Waals surface area (Å²) in [6, 6.07) is 5.26. The Morgan fingerprint density at radius 1 is 1.38 bits per heavy atom. The summed E-state index contributed by atoms with van der Waals surface area (Å²) < 4.78 is 0. The van der Waals surface area contributed by atoms with Gasteiger partial charge >= 0.3 is 0 Å². The van der Waals surface area contributed by atoms with Gasteiger partial charge in [-0.05, 0) is 32.0 Å². The molecule has 0 aromatic heterocycles. The van der Waals surface area contributed by atoms with Crippen LogP contribution in [0.2, 0.25) is 5.02 Å². The highest BCUT2D eigenvalue weighted by atomic mass is 35.5. The van der Waals surface area contributed by atoms with Crippen LogP contribution in [-0.4, -0.2) is 47.5 Å². The van der Waals surface area contributed by atoms with E-state index in [2.05, 4.69) is 10.6 Å². The van der Waals surface area contributed by atoms with E-state index < -0.39 is 5.25 Å². The molecule has 8 heteroatoms. The van der Waals surface area contributed by atoms with Crippen molar-refractivity contribution in [1.29, 1.82) is 0 Å². The molecule has 1 aliphatic rings. The molecule has 0 aliphatic carbocycles. The summed E-state index contributed by atoms with van der Waals surface area (Å²) in [4.78, 5) is 38.6. The molecule has 0 bridgehead atoms. The third-order valence-corrected chi connectivity index (χ3v) is 5.07. The molecule has 1 heterocycles. The maximum absolute atomic E-state index is 12.4. The van der Waals surface area contributed by atoms with Crippen LogP contribution in [-0.2, 0) is 14.4 Å². The number of likely N-dealkylation sites (N-methyl/N-ethyl adjacent to an activating group) is 2. The molecule has 0 unspecified atom stereocenters. The quantitative estimate of drug-likeness (QED) is 0.805. The molecule has 1 aromatic carbocycles. The molecule has 3 amide bonds. The fourth-order valence-electron chi connectivity index (χ4n) is 2.35. The normalized spacial score (nSPS) is 16.1. The van der Waals surface area contributed by atoms with Crippen molar-refractivity contribution in [3.8, 4) is 0 Å². The first kappa shape index (κ1) is 18.6. The van der Waals surface area contributed by atoms with Gasteiger partial charge in [-0.2, -0.15) is 0 Å². The van der Waals surface area contributed by atoms with Gasteiger partial charge in [-0.1, -0.05) is 11.6 Å². The van der Waals surface area contributed by atoms with Gasteiger partial charge in [0, 0.05) is 29.4 Å². The standard InChI is InChI=1S/C16H20ClN3O3S/c1-3-18-14(21)9-20(4-2)15(22)8-13-16(23)19-11-7-10(17)5-6-12(11)24-13/h5-7,13H,3-4,8-9H2,1-2H3,(H,18,21)(H,19,23)/t13-/m0/s1. The minimum atomic E-state index is -0.519. The van der Waals surface area contributed by atoms with Crippen LogP contribution in [0.5, 0.6) is 0 Å². The Hall–Kier alpha value is -1.73. The Morgan fingerprint density at radius 2 is 2.12 bits per heavy atom. The number of anilines is 1. The molecule has 0 spiro atoms. The summed E-state index contributed by atoms with van der Waals surface area (Å²) in [6.07, 6.45) is 0.0474. The minimum absolute atomic E-state index is 0.00831. The second kappa shape index (κ2) is 8.39. The molecule has 1 atom stereocenters. The van der Waals surface area contributed by atoms with E-state index in [9.17, 15) is 14.4 Å². The lowest BCUT2D eigenvalue weighted by molar-refractivity contribution is -0.136. The van der Waals surface area contributed by atoms with Crippen molar-refractivity contribution in [2.24, 2.45) is 0 Å². The number of nitrogens with one attached hydrogen (secondary N) is 2. The smallest absolute Gasteiger partial charge is 0.239 e. The summed E-state index contributed by atoms with van der Waals surface area (Å²) in [5.74, 6) is -0.639. The number of nitrogens with zero attached hydrogens (tertiary/aromatic N) is 1. The molecule has 0 saturated heterocycles. The molecule has 1 aliphatic heterocycles. The van der Waals surface area contributed by atoms with Gasteiger partial charge in [0.1, 0.15) is 0 Å². The van der Waals surface area contributed by atoms with Gasteiger partial charge in [0.05, 0.1) is 17.5 Å². The Kier molecular flexibility index (Phi) is 6.51. The van der Waals surface area contributed by atoms with Crippen molar-refractivity contribution in [3.63, 3.8) is 0 Å². The average molecular weight is 370 g/mol. The van der Waals surface area contributed by atoms with E-state index in [1.807, 2.05) is 19.9 Å². The average Bonchev–Trinajstić information content (AvgIpc) is 2.53. The zero-order valence-corrected chi connectivity index (χ0v) is 15.2. The topological polar surface area (TPSA) is 78.5 Å². The first-order valence-electron chi connectivity index (χ1n) is 7.76. The summed E-state index contributed by atoms with van der Waals surface area (Å²) in [6.45, 7) is 4.57. The molecule has 2 N–H and O–H groups in total. The van der Waals surface area contributed by atoms with Gasteiger partial charge in [-0.15, -0.1) is 11.8 Å². The molecule has 0 radical (unpaired) electrons. The fourth-order valence-corrected chi connectivity index (χ4v) is 3.60. The lowest BCUT2D eigenvalue weighted by Crippen LogP contribution is -2.42. The first-order chi connectivity index (χ1) is 11.4. The van der Waals surface area contributed by atoms with Crippen LogP contribution in [0.25, 0.3) is 0 Å². The Labute approximate surface area is 150 Å². The Balaban J connectivity index is 2.01. The van der Waals surface area contributed by atoms with Gasteiger partial charge in [-0.25, -0.2) is 0 Å². The maximum atomic E-state index is 12.4. The zero-order valence-electron chi connectivity index (χ0n) is 13.6. The van der Waals surface area contributed by atoms with Crippen molar-refractivity contribution in [2.45, 2.75) is 30.4 Å². The first-order valence-corrected chi connectivity index (χ1v) is 9.01. The highest BCUT2D eigenvalue weighted by Gasteiger charge is 2.30. The van der Waals surface area contributed by atoms with Crippen molar-refractivity contribution in [3.05, 3.63) is 23.2 Å². The van der Waals surface area contributed by atoms with Gasteiger partial charge in [-0.3, -0.25) is 14.4 Å². The molecule has 2 rings (SSSR count). The zero-order chi connectivity index (χ0) is 17.7. The van der Waals surface area contributed by atoms with Crippen LogP contribution < -0.4 is 10.6 Å². The van der Waals surface area contributed by atoms with Crippen molar-refractivity contribution in [1.82, 2.24) is 10.2 Å². The monoisotopic (exact) mass is 369 g/mol. The molecule has 130 valence electrons. The van der Waals surface area contributed by atoms with Gasteiger partial charge in [0.15, 0.2) is 0 Å². The van der Waals surface area contributed by atoms with Crippen molar-refractivity contribution in [2.75, 3.05) is 25.0 Å². The number of carbonyl (C=O) groups is 3. The van der Waals surface area contributed by atoms with E-state index in [0.717, 1.165) is 4.90 Å². The SMILES string of the molecule is CCNC(=O)CN(CC)C(=O)C[C@@H]1Sc2ccc(Cl)cc2NC1=O. The number of thioether (sulfide) groups is 1. The van der Waals surface area contributed by atoms with E-state index >= 15 is 0 Å². The number of hydrogen-bond donors (Lipinski definition) is 2. The van der Waals surface area contributed by atoms with Crippen LogP contribution in [0.15, 0.2) is 23.1 Å². The Bertz CT molecular complexity index is 653. The molecule has 6 nitrogen and oxygen atoms in total. The van der Waals surface area contributed by atoms with Crippen LogP contribution >= 0.6 is 23.4 Å². The summed E-state index contributed by atoms with van der Waals surface area (Å²) in [7, 11) is 0. The number of amides is 3.